The van der Waals surface area contributed by atoms with Crippen molar-refractivity contribution in [2.75, 3.05) is 30.6 Å². The van der Waals surface area contributed by atoms with Crippen LogP contribution in [0.3, 0.4) is 0 Å². The number of sulfonamides is 1. The Balaban J connectivity index is 1.67. The van der Waals surface area contributed by atoms with E-state index < -0.39 is 15.8 Å². The Kier molecular flexibility index (Phi) is 7.53. The molecule has 0 spiro atoms. The zero-order valence-corrected chi connectivity index (χ0v) is 19.3. The summed E-state index contributed by atoms with van der Waals surface area (Å²) in [4.78, 5) is 16.6. The normalized spacial score (nSPS) is 17.7. The van der Waals surface area contributed by atoms with E-state index in [1.54, 1.807) is 17.0 Å². The molecule has 0 saturated carbocycles. The van der Waals surface area contributed by atoms with Gasteiger partial charge in [0, 0.05) is 43.9 Å². The number of anilines is 1. The van der Waals surface area contributed by atoms with Gasteiger partial charge >= 0.3 is 0 Å². The molecule has 1 amide bonds. The van der Waals surface area contributed by atoms with E-state index in [2.05, 4.69) is 9.62 Å². The molecule has 1 fully saturated rings. The standard InChI is InChI=1S/C22H24ClF2N3O3S/c1-15-13-27(14-16-3-6-18(24)7-4-16)9-10-28(15)22(29)8-5-17-11-20(25)19(23)12-21(17)26-32(2,30)31/h3-8,11-12,15,26H,9-10,13-14H2,1-2H3/t15-/m1/s1. The van der Waals surface area contributed by atoms with Gasteiger partial charge in [0.15, 0.2) is 0 Å². The van der Waals surface area contributed by atoms with Gasteiger partial charge in [-0.05, 0) is 42.8 Å². The van der Waals surface area contributed by atoms with Gasteiger partial charge in [0.05, 0.1) is 17.0 Å². The number of amides is 1. The Morgan fingerprint density at radius 2 is 1.91 bits per heavy atom. The van der Waals surface area contributed by atoms with Gasteiger partial charge in [-0.1, -0.05) is 23.7 Å². The first kappa shape index (κ1) is 24.2. The molecule has 0 radical (unpaired) electrons. The SMILES string of the molecule is C[C@@H]1CN(Cc2ccc(F)cc2)CCN1C(=O)C=Cc1cc(F)c(Cl)cc1NS(C)(=O)=O. The van der Waals surface area contributed by atoms with E-state index in [9.17, 15) is 22.0 Å². The average Bonchev–Trinajstić information content (AvgIpc) is 2.70. The highest BCUT2D eigenvalue weighted by Gasteiger charge is 2.26. The topological polar surface area (TPSA) is 69.7 Å². The van der Waals surface area contributed by atoms with Gasteiger partial charge in [0.2, 0.25) is 15.9 Å². The number of nitrogens with one attached hydrogen (secondary N) is 1. The van der Waals surface area contributed by atoms with E-state index in [1.807, 2.05) is 6.92 Å². The molecule has 0 aromatic heterocycles. The molecule has 2 aromatic carbocycles. The summed E-state index contributed by atoms with van der Waals surface area (Å²) in [7, 11) is -3.62. The molecule has 1 atom stereocenters. The van der Waals surface area contributed by atoms with Crippen molar-refractivity contribution in [1.29, 1.82) is 0 Å². The molecule has 172 valence electrons. The lowest BCUT2D eigenvalue weighted by molar-refractivity contribution is -0.130. The Morgan fingerprint density at radius 3 is 2.53 bits per heavy atom. The van der Waals surface area contributed by atoms with Crippen LogP contribution in [0.1, 0.15) is 18.1 Å². The number of piperazine rings is 1. The molecular formula is C22H24ClF2N3O3S. The second kappa shape index (κ2) is 9.97. The number of rotatable bonds is 6. The van der Waals surface area contributed by atoms with Crippen LogP contribution in [0.5, 0.6) is 0 Å². The summed E-state index contributed by atoms with van der Waals surface area (Å²) in [5, 5.41) is -0.231. The maximum Gasteiger partial charge on any atom is 0.246 e. The summed E-state index contributed by atoms with van der Waals surface area (Å²) >= 11 is 5.77. The maximum absolute atomic E-state index is 13.9. The molecule has 1 aliphatic rings. The van der Waals surface area contributed by atoms with Crippen molar-refractivity contribution in [3.05, 3.63) is 70.3 Å². The van der Waals surface area contributed by atoms with Crippen molar-refractivity contribution >= 4 is 39.3 Å². The van der Waals surface area contributed by atoms with Crippen LogP contribution < -0.4 is 4.72 Å². The average molecular weight is 484 g/mol. The van der Waals surface area contributed by atoms with Crippen molar-refractivity contribution in [3.63, 3.8) is 0 Å². The van der Waals surface area contributed by atoms with Gasteiger partial charge in [0.1, 0.15) is 11.6 Å². The fraction of sp³-hybridized carbons (Fsp3) is 0.318. The van der Waals surface area contributed by atoms with E-state index in [0.717, 1.165) is 17.9 Å². The Bertz CT molecular complexity index is 1120. The highest BCUT2D eigenvalue weighted by Crippen LogP contribution is 2.26. The Hall–Kier alpha value is -2.49. The van der Waals surface area contributed by atoms with Gasteiger partial charge in [-0.25, -0.2) is 17.2 Å². The quantitative estimate of drug-likeness (QED) is 0.635. The lowest BCUT2D eigenvalue weighted by atomic mass is 10.1. The summed E-state index contributed by atoms with van der Waals surface area (Å²) in [6, 6.07) is 8.51. The van der Waals surface area contributed by atoms with E-state index >= 15 is 0 Å². The van der Waals surface area contributed by atoms with Crippen molar-refractivity contribution in [3.8, 4) is 0 Å². The van der Waals surface area contributed by atoms with Crippen LogP contribution in [0.4, 0.5) is 14.5 Å². The van der Waals surface area contributed by atoms with Crippen LogP contribution in [0.25, 0.3) is 6.08 Å². The van der Waals surface area contributed by atoms with Crippen molar-refractivity contribution < 1.29 is 22.0 Å². The number of hydrogen-bond donors (Lipinski definition) is 1. The minimum Gasteiger partial charge on any atom is -0.334 e. The summed E-state index contributed by atoms with van der Waals surface area (Å²) in [5.41, 5.74) is 1.27. The highest BCUT2D eigenvalue weighted by atomic mass is 35.5. The summed E-state index contributed by atoms with van der Waals surface area (Å²) in [6.45, 7) is 4.38. The maximum atomic E-state index is 13.9. The van der Waals surface area contributed by atoms with Crippen molar-refractivity contribution in [1.82, 2.24) is 9.80 Å². The van der Waals surface area contributed by atoms with Crippen LogP contribution in [0.15, 0.2) is 42.5 Å². The first-order valence-corrected chi connectivity index (χ1v) is 12.2. The van der Waals surface area contributed by atoms with E-state index in [-0.39, 0.29) is 34.0 Å². The predicted molar refractivity (Wildman–Crippen MR) is 122 cm³/mol. The van der Waals surface area contributed by atoms with Gasteiger partial charge in [0.25, 0.3) is 0 Å². The molecule has 10 heteroatoms. The summed E-state index contributed by atoms with van der Waals surface area (Å²) in [6.07, 6.45) is 3.63. The second-order valence-corrected chi connectivity index (χ2v) is 9.96. The third-order valence-electron chi connectivity index (χ3n) is 5.11. The molecule has 3 rings (SSSR count). The molecule has 32 heavy (non-hydrogen) atoms. The number of benzene rings is 2. The first-order chi connectivity index (χ1) is 15.0. The molecular weight excluding hydrogens is 460 g/mol. The summed E-state index contributed by atoms with van der Waals surface area (Å²) in [5.74, 6) is -1.26. The van der Waals surface area contributed by atoms with Gasteiger partial charge in [-0.3, -0.25) is 14.4 Å². The number of carbonyl (C=O) groups is 1. The predicted octanol–water partition coefficient (Wildman–Crippen LogP) is 3.74. The monoisotopic (exact) mass is 483 g/mol. The molecule has 1 N–H and O–H groups in total. The number of hydrogen-bond acceptors (Lipinski definition) is 4. The Morgan fingerprint density at radius 1 is 1.22 bits per heavy atom. The van der Waals surface area contributed by atoms with E-state index in [1.165, 1.54) is 30.4 Å². The lowest BCUT2D eigenvalue weighted by Gasteiger charge is -2.39. The zero-order valence-electron chi connectivity index (χ0n) is 17.7. The van der Waals surface area contributed by atoms with E-state index in [4.69, 9.17) is 11.6 Å². The molecule has 0 aliphatic carbocycles. The first-order valence-electron chi connectivity index (χ1n) is 9.94. The van der Waals surface area contributed by atoms with Gasteiger partial charge in [-0.2, -0.15) is 0 Å². The molecule has 2 aromatic rings. The van der Waals surface area contributed by atoms with Crippen LogP contribution >= 0.6 is 11.6 Å². The second-order valence-electron chi connectivity index (χ2n) is 7.80. The fourth-order valence-corrected chi connectivity index (χ4v) is 4.34. The van der Waals surface area contributed by atoms with Crippen LogP contribution in [-0.4, -0.2) is 56.1 Å². The molecule has 0 bridgehead atoms. The molecule has 1 heterocycles. The number of nitrogens with zero attached hydrogens (tertiary/aromatic N) is 2. The van der Waals surface area contributed by atoms with Gasteiger partial charge < -0.3 is 4.90 Å². The molecule has 1 aliphatic heterocycles. The van der Waals surface area contributed by atoms with Gasteiger partial charge in [-0.15, -0.1) is 0 Å². The lowest BCUT2D eigenvalue weighted by Crippen LogP contribution is -2.53. The van der Waals surface area contributed by atoms with Crippen LogP contribution in [0, 0.1) is 11.6 Å². The molecule has 1 saturated heterocycles. The summed E-state index contributed by atoms with van der Waals surface area (Å²) < 4.78 is 52.4. The zero-order chi connectivity index (χ0) is 23.5. The Labute approximate surface area is 191 Å². The molecule has 0 unspecified atom stereocenters. The third kappa shape index (κ3) is 6.51. The fourth-order valence-electron chi connectivity index (χ4n) is 3.60. The minimum atomic E-state index is -3.62. The van der Waals surface area contributed by atoms with E-state index in [0.29, 0.717) is 26.2 Å². The third-order valence-corrected chi connectivity index (χ3v) is 5.99. The minimum absolute atomic E-state index is 0.0723. The number of halogens is 3. The van der Waals surface area contributed by atoms with Crippen molar-refractivity contribution in [2.45, 2.75) is 19.5 Å². The molecule has 6 nitrogen and oxygen atoms in total. The van der Waals surface area contributed by atoms with Crippen LogP contribution in [-0.2, 0) is 21.4 Å². The smallest absolute Gasteiger partial charge is 0.246 e. The highest BCUT2D eigenvalue weighted by molar-refractivity contribution is 7.92. The van der Waals surface area contributed by atoms with Crippen molar-refractivity contribution in [2.24, 2.45) is 0 Å². The van der Waals surface area contributed by atoms with Crippen LogP contribution in [0.2, 0.25) is 5.02 Å². The largest absolute Gasteiger partial charge is 0.334 e. The number of carbonyl (C=O) groups excluding carboxylic acids is 1.